The van der Waals surface area contributed by atoms with Crippen LogP contribution in [0.2, 0.25) is 8.87 Å². The molecule has 0 atom stereocenters. The van der Waals surface area contributed by atoms with Gasteiger partial charge in [-0.25, -0.2) is 0 Å². The van der Waals surface area contributed by atoms with Crippen molar-refractivity contribution in [1.29, 1.82) is 0 Å². The van der Waals surface area contributed by atoms with Crippen LogP contribution in [0.3, 0.4) is 0 Å². The van der Waals surface area contributed by atoms with Crippen LogP contribution in [0.15, 0.2) is 0 Å². The second-order valence-electron chi connectivity index (χ2n) is 2.75. The smallest absolute Gasteiger partial charge is 0.346 e. The first kappa shape index (κ1) is 25.2. The Kier molecular flexibility index (Phi) is 49.4. The quantitative estimate of drug-likeness (QED) is 0.488. The molecular formula is C12H28OSnZn. The summed E-state index contributed by atoms with van der Waals surface area (Å²) in [5.74, 6) is 0. The van der Waals surface area contributed by atoms with Crippen LogP contribution in [0.5, 0.6) is 0 Å². The van der Waals surface area contributed by atoms with Crippen molar-refractivity contribution in [3.8, 4) is 0 Å². The molecule has 0 unspecified atom stereocenters. The summed E-state index contributed by atoms with van der Waals surface area (Å²) in [4.78, 5) is 0. The van der Waals surface area contributed by atoms with Gasteiger partial charge in [0.05, 0.1) is 0 Å². The van der Waals surface area contributed by atoms with E-state index in [0.29, 0.717) is 0 Å². The van der Waals surface area contributed by atoms with Crippen molar-refractivity contribution in [2.75, 3.05) is 0 Å². The first-order chi connectivity index (χ1) is 6.81. The minimum absolute atomic E-state index is 0. The molecule has 0 aromatic heterocycles. The van der Waals surface area contributed by atoms with Crippen molar-refractivity contribution in [2.24, 2.45) is 0 Å². The number of rotatable bonds is 6. The van der Waals surface area contributed by atoms with Gasteiger partial charge in [-0.15, -0.1) is 0 Å². The van der Waals surface area contributed by atoms with Crippen LogP contribution in [-0.2, 0) is 22.6 Å². The van der Waals surface area contributed by atoms with Gasteiger partial charge in [0.25, 0.3) is 0 Å². The second-order valence-corrected chi connectivity index (χ2v) is 8.67. The van der Waals surface area contributed by atoms with Crippen LogP contribution >= 0.6 is 0 Å². The van der Waals surface area contributed by atoms with E-state index in [1.165, 1.54) is 25.7 Å². The second kappa shape index (κ2) is 29.5. The zero-order chi connectivity index (χ0) is 11.8. The molecule has 0 saturated carbocycles. The standard InChI is InChI=1S/2C4H9.2C2H5.O.Sn.Zn/c2*1-3-4-2;2*1-2;;;/h2*1,3-4H2,2H3;2*1H2,2H3;;;/q;;2*-1;;;+2. The molecule has 0 amide bonds. The van der Waals surface area contributed by atoms with Crippen LogP contribution in [0, 0.1) is 13.8 Å². The Morgan fingerprint density at radius 1 is 0.867 bits per heavy atom. The molecule has 0 aliphatic carbocycles. The SMILES string of the molecule is CCC[CH2][Sn](=[O])[CH2]CCC.[CH2-]C.[CH2-]C.[Zn+2]. The summed E-state index contributed by atoms with van der Waals surface area (Å²) in [6.45, 7) is 14.3. The third-order valence-corrected chi connectivity index (χ3v) is 6.82. The molecule has 0 rings (SSSR count). The molecule has 3 heteroatoms. The monoisotopic (exact) mass is 372 g/mol. The third-order valence-electron chi connectivity index (χ3n) is 1.62. The summed E-state index contributed by atoms with van der Waals surface area (Å²) < 4.78 is 13.4. The summed E-state index contributed by atoms with van der Waals surface area (Å²) in [7, 11) is 0. The molecule has 1 nitrogen and oxygen atoms in total. The van der Waals surface area contributed by atoms with Crippen molar-refractivity contribution in [3.63, 3.8) is 0 Å². The van der Waals surface area contributed by atoms with Gasteiger partial charge in [-0.2, -0.15) is 13.8 Å². The predicted molar refractivity (Wildman–Crippen MR) is 67.9 cm³/mol. The van der Waals surface area contributed by atoms with Gasteiger partial charge in [0.1, 0.15) is 0 Å². The summed E-state index contributed by atoms with van der Waals surface area (Å²) in [6.07, 6.45) is 4.81. The predicted octanol–water partition coefficient (Wildman–Crippen LogP) is 4.69. The molecule has 0 aromatic carbocycles. The van der Waals surface area contributed by atoms with E-state index in [9.17, 15) is 3.08 Å². The van der Waals surface area contributed by atoms with Gasteiger partial charge >= 0.3 is 90.7 Å². The minimum Gasteiger partial charge on any atom is -0.346 e. The summed E-state index contributed by atoms with van der Waals surface area (Å²) >= 11 is -1.99. The maximum absolute atomic E-state index is 11.2. The Morgan fingerprint density at radius 2 is 1.13 bits per heavy atom. The van der Waals surface area contributed by atoms with Crippen LogP contribution in [0.4, 0.5) is 0 Å². The van der Waals surface area contributed by atoms with Crippen LogP contribution in [-0.4, -0.2) is 19.7 Å². The van der Waals surface area contributed by atoms with E-state index in [2.05, 4.69) is 27.7 Å². The molecular weight excluding hydrogens is 344 g/mol. The maximum Gasteiger partial charge on any atom is 2.00 e. The number of unbranched alkanes of at least 4 members (excludes halogenated alkanes) is 2. The molecule has 0 heterocycles. The minimum atomic E-state index is -1.99. The molecule has 0 N–H and O–H groups in total. The molecule has 0 aliphatic heterocycles. The van der Waals surface area contributed by atoms with Gasteiger partial charge in [0.15, 0.2) is 0 Å². The molecule has 15 heavy (non-hydrogen) atoms. The van der Waals surface area contributed by atoms with E-state index in [-0.39, 0.29) is 19.5 Å². The first-order valence-electron chi connectivity index (χ1n) is 5.74. The van der Waals surface area contributed by atoms with Gasteiger partial charge < -0.3 is 13.8 Å². The van der Waals surface area contributed by atoms with Gasteiger partial charge in [0.2, 0.25) is 0 Å². The summed E-state index contributed by atoms with van der Waals surface area (Å²) in [5, 5.41) is 0. The van der Waals surface area contributed by atoms with Crippen molar-refractivity contribution in [2.45, 2.75) is 62.3 Å². The Morgan fingerprint density at radius 3 is 1.33 bits per heavy atom. The normalized spacial score (nSPS) is 7.33. The molecule has 0 aliphatic rings. The van der Waals surface area contributed by atoms with E-state index in [1.54, 1.807) is 13.8 Å². The van der Waals surface area contributed by atoms with Gasteiger partial charge in [-0.1, -0.05) is 0 Å². The van der Waals surface area contributed by atoms with Crippen LogP contribution < -0.4 is 0 Å². The van der Waals surface area contributed by atoms with E-state index in [4.69, 9.17) is 0 Å². The van der Waals surface area contributed by atoms with Crippen molar-refractivity contribution in [3.05, 3.63) is 13.8 Å². The topological polar surface area (TPSA) is 17.1 Å². The van der Waals surface area contributed by atoms with E-state index < -0.39 is 19.7 Å². The molecule has 0 aromatic rings. The van der Waals surface area contributed by atoms with Crippen molar-refractivity contribution < 1.29 is 22.6 Å². The number of hydrogen-bond donors (Lipinski definition) is 0. The van der Waals surface area contributed by atoms with Crippen LogP contribution in [0.25, 0.3) is 0 Å². The largest absolute Gasteiger partial charge is 2.00 e. The van der Waals surface area contributed by atoms with Gasteiger partial charge in [-0.3, -0.25) is 0 Å². The Balaban J connectivity index is -0.000000107. The molecule has 0 radical (unpaired) electrons. The zero-order valence-electron chi connectivity index (χ0n) is 11.3. The Hall–Kier alpha value is 1.22. The Labute approximate surface area is 118 Å². The van der Waals surface area contributed by atoms with Crippen molar-refractivity contribution >= 4 is 19.7 Å². The summed E-state index contributed by atoms with van der Waals surface area (Å²) in [6, 6.07) is 0. The van der Waals surface area contributed by atoms with Gasteiger partial charge in [-0.05, 0) is 0 Å². The van der Waals surface area contributed by atoms with E-state index in [1.807, 2.05) is 0 Å². The van der Waals surface area contributed by atoms with Crippen LogP contribution in [0.1, 0.15) is 53.4 Å². The molecule has 0 saturated heterocycles. The fourth-order valence-electron chi connectivity index (χ4n) is 0.873. The third kappa shape index (κ3) is 31.3. The zero-order valence-corrected chi connectivity index (χ0v) is 17.1. The average molecular weight is 372 g/mol. The number of hydrogen-bond acceptors (Lipinski definition) is 1. The maximum atomic E-state index is 11.2. The summed E-state index contributed by atoms with van der Waals surface area (Å²) in [5.41, 5.74) is 0. The molecule has 88 valence electrons. The molecule has 0 bridgehead atoms. The van der Waals surface area contributed by atoms with Crippen molar-refractivity contribution in [1.82, 2.24) is 0 Å². The molecule has 0 spiro atoms. The van der Waals surface area contributed by atoms with E-state index in [0.717, 1.165) is 8.87 Å². The van der Waals surface area contributed by atoms with Gasteiger partial charge in [0, 0.05) is 0 Å². The van der Waals surface area contributed by atoms with E-state index >= 15 is 0 Å². The fraction of sp³-hybridized carbons (Fsp3) is 0.833. The first-order valence-corrected chi connectivity index (χ1v) is 10.9. The molecule has 0 fully saturated rings. The Bertz CT molecular complexity index is 87.6. The average Bonchev–Trinajstić information content (AvgIpc) is 2.29. The fourth-order valence-corrected chi connectivity index (χ4v) is 5.86.